The summed E-state index contributed by atoms with van der Waals surface area (Å²) in [5.41, 5.74) is 2.96. The number of fused-ring (bicyclic) bond motifs is 1. The largest absolute Gasteiger partial charge is 0.459 e. The average molecular weight is 446 g/mol. The SMILES string of the molecule is Cc1nc(Nc2nc3ccccc3o2)nc(C)c1C(=O)N1CCN(C(=O)c2ccco2)CC1. The quantitative estimate of drug-likeness (QED) is 0.508. The minimum atomic E-state index is -0.169. The van der Waals surface area contributed by atoms with E-state index in [4.69, 9.17) is 8.83 Å². The summed E-state index contributed by atoms with van der Waals surface area (Å²) in [5, 5.41) is 2.97. The van der Waals surface area contributed by atoms with Gasteiger partial charge in [0.05, 0.1) is 23.2 Å². The molecule has 0 unspecified atom stereocenters. The van der Waals surface area contributed by atoms with Gasteiger partial charge >= 0.3 is 6.01 Å². The van der Waals surface area contributed by atoms with Crippen LogP contribution in [-0.2, 0) is 0 Å². The fourth-order valence-electron chi connectivity index (χ4n) is 3.93. The highest BCUT2D eigenvalue weighted by Crippen LogP contribution is 2.22. The molecule has 1 saturated heterocycles. The highest BCUT2D eigenvalue weighted by atomic mass is 16.4. The fraction of sp³-hybridized carbons (Fsp3) is 0.261. The molecule has 5 rings (SSSR count). The summed E-state index contributed by atoms with van der Waals surface area (Å²) in [6, 6.07) is 11.0. The predicted molar refractivity (Wildman–Crippen MR) is 119 cm³/mol. The van der Waals surface area contributed by atoms with Crippen molar-refractivity contribution in [2.24, 2.45) is 0 Å². The van der Waals surface area contributed by atoms with E-state index in [9.17, 15) is 9.59 Å². The third-order valence-corrected chi connectivity index (χ3v) is 5.58. The van der Waals surface area contributed by atoms with Crippen molar-refractivity contribution in [3.05, 3.63) is 65.4 Å². The number of nitrogens with zero attached hydrogens (tertiary/aromatic N) is 5. The second-order valence-corrected chi connectivity index (χ2v) is 7.77. The number of nitrogens with one attached hydrogen (secondary N) is 1. The van der Waals surface area contributed by atoms with Gasteiger partial charge in [-0.2, -0.15) is 4.98 Å². The van der Waals surface area contributed by atoms with Crippen LogP contribution < -0.4 is 5.32 Å². The number of aryl methyl sites for hydroxylation is 2. The van der Waals surface area contributed by atoms with Crippen LogP contribution in [0.15, 0.2) is 51.5 Å². The molecule has 10 nitrogen and oxygen atoms in total. The third kappa shape index (κ3) is 4.02. The molecule has 1 N–H and O–H groups in total. The van der Waals surface area contributed by atoms with Gasteiger partial charge in [0.25, 0.3) is 11.8 Å². The summed E-state index contributed by atoms with van der Waals surface area (Å²) in [4.78, 5) is 42.3. The third-order valence-electron chi connectivity index (χ3n) is 5.58. The topological polar surface area (TPSA) is 118 Å². The highest BCUT2D eigenvalue weighted by Gasteiger charge is 2.28. The van der Waals surface area contributed by atoms with Gasteiger partial charge in [-0.25, -0.2) is 9.97 Å². The Morgan fingerprint density at radius 3 is 2.18 bits per heavy atom. The van der Waals surface area contributed by atoms with Crippen molar-refractivity contribution in [2.75, 3.05) is 31.5 Å². The first kappa shape index (κ1) is 20.7. The molecule has 1 aliphatic rings. The van der Waals surface area contributed by atoms with Crippen LogP contribution in [0.4, 0.5) is 12.0 Å². The standard InChI is InChI=1S/C23H22N6O4/c1-14-19(21(31)29-11-9-28(10-12-29)20(30)18-8-5-13-32-18)15(2)25-22(24-14)27-23-26-16-6-3-4-7-17(16)33-23/h3-8,13H,9-12H2,1-2H3,(H,24,25,26,27). The molecule has 0 radical (unpaired) electrons. The molecule has 1 aliphatic heterocycles. The van der Waals surface area contributed by atoms with Crippen molar-refractivity contribution in [1.29, 1.82) is 0 Å². The van der Waals surface area contributed by atoms with Crippen molar-refractivity contribution in [3.63, 3.8) is 0 Å². The van der Waals surface area contributed by atoms with Gasteiger partial charge in [-0.1, -0.05) is 12.1 Å². The van der Waals surface area contributed by atoms with Crippen LogP contribution in [0.1, 0.15) is 32.3 Å². The Balaban J connectivity index is 1.28. The molecule has 3 aromatic heterocycles. The lowest BCUT2D eigenvalue weighted by Crippen LogP contribution is -2.50. The van der Waals surface area contributed by atoms with E-state index in [1.54, 1.807) is 35.8 Å². The number of anilines is 2. The second-order valence-electron chi connectivity index (χ2n) is 7.77. The number of piperazine rings is 1. The maximum Gasteiger partial charge on any atom is 0.302 e. The molecule has 10 heteroatoms. The van der Waals surface area contributed by atoms with Gasteiger partial charge in [0.1, 0.15) is 5.52 Å². The number of oxazole rings is 1. The Hall–Kier alpha value is -4.21. The second kappa shape index (κ2) is 8.38. The zero-order valence-corrected chi connectivity index (χ0v) is 18.2. The van der Waals surface area contributed by atoms with E-state index in [0.717, 1.165) is 5.52 Å². The molecule has 0 saturated carbocycles. The zero-order chi connectivity index (χ0) is 22.9. The molecular weight excluding hydrogens is 424 g/mol. The van der Waals surface area contributed by atoms with E-state index in [1.807, 2.05) is 24.3 Å². The van der Waals surface area contributed by atoms with Crippen LogP contribution >= 0.6 is 0 Å². The molecule has 0 aliphatic carbocycles. The average Bonchev–Trinajstić information content (AvgIpc) is 3.48. The number of aromatic nitrogens is 3. The lowest BCUT2D eigenvalue weighted by Gasteiger charge is -2.34. The Bertz CT molecular complexity index is 1270. The molecule has 4 heterocycles. The number of rotatable bonds is 4. The Kier molecular flexibility index (Phi) is 5.25. The molecule has 0 atom stereocenters. The van der Waals surface area contributed by atoms with Gasteiger partial charge in [-0.05, 0) is 38.1 Å². The van der Waals surface area contributed by atoms with Crippen molar-refractivity contribution in [2.45, 2.75) is 13.8 Å². The van der Waals surface area contributed by atoms with Crippen LogP contribution in [0.25, 0.3) is 11.1 Å². The number of furan rings is 1. The van der Waals surface area contributed by atoms with E-state index in [1.165, 1.54) is 6.26 Å². The van der Waals surface area contributed by atoms with Crippen LogP contribution in [0, 0.1) is 13.8 Å². The van der Waals surface area contributed by atoms with Crippen molar-refractivity contribution in [1.82, 2.24) is 24.8 Å². The number of carbonyl (C=O) groups is 2. The molecule has 168 valence electrons. The van der Waals surface area contributed by atoms with Gasteiger partial charge in [0.2, 0.25) is 5.95 Å². The van der Waals surface area contributed by atoms with Crippen molar-refractivity contribution < 1.29 is 18.4 Å². The maximum absolute atomic E-state index is 13.2. The van der Waals surface area contributed by atoms with Gasteiger partial charge < -0.3 is 18.6 Å². The summed E-state index contributed by atoms with van der Waals surface area (Å²) in [5.74, 6) is 0.291. The van der Waals surface area contributed by atoms with Crippen LogP contribution in [0.5, 0.6) is 0 Å². The monoisotopic (exact) mass is 446 g/mol. The highest BCUT2D eigenvalue weighted by molar-refractivity contribution is 5.97. The molecule has 2 amide bonds. The molecule has 33 heavy (non-hydrogen) atoms. The summed E-state index contributed by atoms with van der Waals surface area (Å²) < 4.78 is 10.9. The first-order valence-corrected chi connectivity index (χ1v) is 10.6. The number of hydrogen-bond acceptors (Lipinski definition) is 8. The first-order valence-electron chi connectivity index (χ1n) is 10.6. The number of hydrogen-bond donors (Lipinski definition) is 1. The smallest absolute Gasteiger partial charge is 0.302 e. The lowest BCUT2D eigenvalue weighted by molar-refractivity contribution is 0.0516. The molecule has 0 spiro atoms. The number of amides is 2. The van der Waals surface area contributed by atoms with Gasteiger partial charge in [-0.15, -0.1) is 0 Å². The van der Waals surface area contributed by atoms with Gasteiger partial charge in [-0.3, -0.25) is 14.9 Å². The fourth-order valence-corrected chi connectivity index (χ4v) is 3.93. The van der Waals surface area contributed by atoms with Crippen LogP contribution in [-0.4, -0.2) is 62.7 Å². The number of para-hydroxylation sites is 2. The zero-order valence-electron chi connectivity index (χ0n) is 18.2. The van der Waals surface area contributed by atoms with E-state index in [0.29, 0.717) is 60.4 Å². The molecule has 1 aromatic carbocycles. The lowest BCUT2D eigenvalue weighted by atomic mass is 10.1. The summed E-state index contributed by atoms with van der Waals surface area (Å²) >= 11 is 0. The summed E-state index contributed by atoms with van der Waals surface area (Å²) in [7, 11) is 0. The van der Waals surface area contributed by atoms with Crippen LogP contribution in [0.3, 0.4) is 0 Å². The summed E-state index contributed by atoms with van der Waals surface area (Å²) in [6.07, 6.45) is 1.47. The normalized spacial score (nSPS) is 14.0. The molecule has 4 aromatic rings. The van der Waals surface area contributed by atoms with Crippen molar-refractivity contribution >= 4 is 34.9 Å². The Morgan fingerprint density at radius 1 is 0.879 bits per heavy atom. The molecule has 1 fully saturated rings. The maximum atomic E-state index is 13.2. The van der Waals surface area contributed by atoms with E-state index >= 15 is 0 Å². The van der Waals surface area contributed by atoms with E-state index < -0.39 is 0 Å². The van der Waals surface area contributed by atoms with E-state index in [-0.39, 0.29) is 17.8 Å². The Labute approximate surface area is 189 Å². The first-order chi connectivity index (χ1) is 16.0. The van der Waals surface area contributed by atoms with Crippen molar-refractivity contribution in [3.8, 4) is 0 Å². The van der Waals surface area contributed by atoms with E-state index in [2.05, 4.69) is 20.3 Å². The molecular formula is C23H22N6O4. The number of carbonyl (C=O) groups excluding carboxylic acids is 2. The van der Waals surface area contributed by atoms with Gasteiger partial charge in [0, 0.05) is 26.2 Å². The minimum Gasteiger partial charge on any atom is -0.459 e. The predicted octanol–water partition coefficient (Wildman–Crippen LogP) is 3.17. The Morgan fingerprint density at radius 2 is 1.55 bits per heavy atom. The summed E-state index contributed by atoms with van der Waals surface area (Å²) in [6.45, 7) is 5.26. The van der Waals surface area contributed by atoms with Crippen LogP contribution in [0.2, 0.25) is 0 Å². The molecule has 0 bridgehead atoms. The number of benzene rings is 1. The van der Waals surface area contributed by atoms with Gasteiger partial charge in [0.15, 0.2) is 11.3 Å². The minimum absolute atomic E-state index is 0.150.